The van der Waals surface area contributed by atoms with Crippen molar-refractivity contribution in [3.8, 4) is 5.75 Å². The average Bonchev–Trinajstić information content (AvgIpc) is 2.41. The second kappa shape index (κ2) is 8.11. The van der Waals surface area contributed by atoms with E-state index in [1.807, 2.05) is 19.9 Å². The molecule has 1 aromatic rings. The lowest BCUT2D eigenvalue weighted by molar-refractivity contribution is 0.336. The minimum Gasteiger partial charge on any atom is -0.490 e. The summed E-state index contributed by atoms with van der Waals surface area (Å²) in [5, 5.41) is 0. The molecule has 20 heavy (non-hydrogen) atoms. The van der Waals surface area contributed by atoms with Crippen molar-refractivity contribution in [2.24, 2.45) is 0 Å². The lowest BCUT2D eigenvalue weighted by Crippen LogP contribution is -2.35. The number of sulfonamides is 1. The fourth-order valence-electron chi connectivity index (χ4n) is 1.83. The van der Waals surface area contributed by atoms with E-state index in [1.165, 1.54) is 4.31 Å². The molecule has 5 nitrogen and oxygen atoms in total. The highest BCUT2D eigenvalue weighted by Gasteiger charge is 2.19. The second-order valence-electron chi connectivity index (χ2n) is 4.55. The lowest BCUT2D eigenvalue weighted by atomic mass is 10.3. The zero-order valence-corrected chi connectivity index (χ0v) is 13.0. The van der Waals surface area contributed by atoms with Gasteiger partial charge in [0.05, 0.1) is 11.4 Å². The van der Waals surface area contributed by atoms with Crippen LogP contribution in [0.25, 0.3) is 0 Å². The molecular formula is C14H24N2O3S. The van der Waals surface area contributed by atoms with E-state index in [2.05, 4.69) is 0 Å². The van der Waals surface area contributed by atoms with Crippen molar-refractivity contribution in [1.82, 2.24) is 4.31 Å². The maximum Gasteiger partial charge on any atom is 0.217 e. The van der Waals surface area contributed by atoms with Gasteiger partial charge in [-0.2, -0.15) is 0 Å². The Hall–Kier alpha value is -1.27. The van der Waals surface area contributed by atoms with Crippen LogP contribution in [0.15, 0.2) is 24.3 Å². The van der Waals surface area contributed by atoms with Gasteiger partial charge in [0, 0.05) is 13.1 Å². The number of unbranched alkanes of at least 4 members (excludes halogenated alkanes) is 1. The number of hydrogen-bond donors (Lipinski definition) is 1. The highest BCUT2D eigenvalue weighted by atomic mass is 32.2. The molecule has 0 aliphatic heterocycles. The SMILES string of the molecule is CCCCN(CC)S(=O)(=O)CCOc1ccccc1N. The van der Waals surface area contributed by atoms with Gasteiger partial charge < -0.3 is 10.5 Å². The van der Waals surface area contributed by atoms with Crippen LogP contribution >= 0.6 is 0 Å². The number of nitrogens with zero attached hydrogens (tertiary/aromatic N) is 1. The van der Waals surface area contributed by atoms with Gasteiger partial charge in [-0.05, 0) is 18.6 Å². The number of benzene rings is 1. The van der Waals surface area contributed by atoms with Crippen LogP contribution < -0.4 is 10.5 Å². The highest BCUT2D eigenvalue weighted by molar-refractivity contribution is 7.89. The molecule has 1 rings (SSSR count). The Labute approximate surface area is 121 Å². The molecule has 0 radical (unpaired) electrons. The normalized spacial score (nSPS) is 11.8. The average molecular weight is 300 g/mol. The summed E-state index contributed by atoms with van der Waals surface area (Å²) in [5.41, 5.74) is 6.25. The van der Waals surface area contributed by atoms with Gasteiger partial charge in [0.25, 0.3) is 0 Å². The van der Waals surface area contributed by atoms with Crippen LogP contribution in [0.4, 0.5) is 5.69 Å². The molecule has 0 amide bonds. The van der Waals surface area contributed by atoms with Gasteiger partial charge in [-0.15, -0.1) is 0 Å². The number of rotatable bonds is 9. The fraction of sp³-hybridized carbons (Fsp3) is 0.571. The van der Waals surface area contributed by atoms with Crippen LogP contribution in [0.3, 0.4) is 0 Å². The van der Waals surface area contributed by atoms with Crippen LogP contribution in [-0.2, 0) is 10.0 Å². The highest BCUT2D eigenvalue weighted by Crippen LogP contribution is 2.19. The van der Waals surface area contributed by atoms with Crippen molar-refractivity contribution in [2.45, 2.75) is 26.7 Å². The molecule has 2 N–H and O–H groups in total. The van der Waals surface area contributed by atoms with Crippen molar-refractivity contribution >= 4 is 15.7 Å². The minimum atomic E-state index is -3.26. The van der Waals surface area contributed by atoms with Crippen LogP contribution in [0.5, 0.6) is 5.75 Å². The third-order valence-corrected chi connectivity index (χ3v) is 4.94. The van der Waals surface area contributed by atoms with Crippen molar-refractivity contribution in [3.05, 3.63) is 24.3 Å². The number of hydrogen-bond acceptors (Lipinski definition) is 4. The number of nitrogens with two attached hydrogens (primary N) is 1. The monoisotopic (exact) mass is 300 g/mol. The predicted molar refractivity (Wildman–Crippen MR) is 82.3 cm³/mol. The van der Waals surface area contributed by atoms with Gasteiger partial charge in [0.2, 0.25) is 10.0 Å². The Kier molecular flexibility index (Phi) is 6.81. The second-order valence-corrected chi connectivity index (χ2v) is 6.64. The van der Waals surface area contributed by atoms with E-state index >= 15 is 0 Å². The number of para-hydroxylation sites is 2. The molecule has 0 bridgehead atoms. The molecule has 0 aliphatic carbocycles. The first-order valence-corrected chi connectivity index (χ1v) is 8.57. The van der Waals surface area contributed by atoms with E-state index in [0.717, 1.165) is 12.8 Å². The lowest BCUT2D eigenvalue weighted by Gasteiger charge is -2.20. The molecule has 0 saturated heterocycles. The van der Waals surface area contributed by atoms with Crippen LogP contribution in [-0.4, -0.2) is 38.2 Å². The summed E-state index contributed by atoms with van der Waals surface area (Å²) in [7, 11) is -3.26. The van der Waals surface area contributed by atoms with Gasteiger partial charge in [0.1, 0.15) is 12.4 Å². The number of nitrogen functional groups attached to an aromatic ring is 1. The van der Waals surface area contributed by atoms with Gasteiger partial charge in [0.15, 0.2) is 0 Å². The Morgan fingerprint density at radius 1 is 1.25 bits per heavy atom. The van der Waals surface area contributed by atoms with E-state index < -0.39 is 10.0 Å². The Morgan fingerprint density at radius 2 is 1.95 bits per heavy atom. The smallest absolute Gasteiger partial charge is 0.217 e. The van der Waals surface area contributed by atoms with Crippen molar-refractivity contribution < 1.29 is 13.2 Å². The standard InChI is InChI=1S/C14H24N2O3S/c1-3-5-10-16(4-2)20(17,18)12-11-19-14-9-7-6-8-13(14)15/h6-9H,3-5,10-12,15H2,1-2H3. The molecule has 1 aromatic carbocycles. The maximum atomic E-state index is 12.2. The van der Waals surface area contributed by atoms with Crippen LogP contribution in [0.1, 0.15) is 26.7 Å². The molecule has 0 unspecified atom stereocenters. The van der Waals surface area contributed by atoms with E-state index in [1.54, 1.807) is 18.2 Å². The van der Waals surface area contributed by atoms with E-state index in [0.29, 0.717) is 24.5 Å². The quantitative estimate of drug-likeness (QED) is 0.709. The van der Waals surface area contributed by atoms with Gasteiger partial charge >= 0.3 is 0 Å². The summed E-state index contributed by atoms with van der Waals surface area (Å²) in [5.74, 6) is 0.498. The summed E-state index contributed by atoms with van der Waals surface area (Å²) >= 11 is 0. The molecule has 0 heterocycles. The zero-order chi connectivity index (χ0) is 15.0. The van der Waals surface area contributed by atoms with Crippen LogP contribution in [0, 0.1) is 0 Å². The molecule has 114 valence electrons. The summed E-state index contributed by atoms with van der Waals surface area (Å²) in [6, 6.07) is 7.07. The van der Waals surface area contributed by atoms with Gasteiger partial charge in [-0.1, -0.05) is 32.4 Å². The molecule has 0 aliphatic rings. The Bertz CT molecular complexity index is 503. The van der Waals surface area contributed by atoms with E-state index in [9.17, 15) is 8.42 Å². The Balaban J connectivity index is 2.52. The molecule has 0 aromatic heterocycles. The molecule has 0 saturated carbocycles. The summed E-state index contributed by atoms with van der Waals surface area (Å²) in [6.45, 7) is 5.07. The predicted octanol–water partition coefficient (Wildman–Crippen LogP) is 2.10. The zero-order valence-electron chi connectivity index (χ0n) is 12.2. The number of anilines is 1. The van der Waals surface area contributed by atoms with Crippen LogP contribution in [0.2, 0.25) is 0 Å². The summed E-state index contributed by atoms with van der Waals surface area (Å²) in [6.07, 6.45) is 1.85. The van der Waals surface area contributed by atoms with Crippen molar-refractivity contribution in [3.63, 3.8) is 0 Å². The van der Waals surface area contributed by atoms with Crippen molar-refractivity contribution in [2.75, 3.05) is 31.2 Å². The van der Waals surface area contributed by atoms with Gasteiger partial charge in [-0.25, -0.2) is 12.7 Å². The number of ether oxygens (including phenoxy) is 1. The third kappa shape index (κ3) is 5.02. The molecule has 0 fully saturated rings. The van der Waals surface area contributed by atoms with E-state index in [4.69, 9.17) is 10.5 Å². The first-order chi connectivity index (χ1) is 9.51. The maximum absolute atomic E-state index is 12.2. The topological polar surface area (TPSA) is 72.6 Å². The minimum absolute atomic E-state index is 0.0289. The van der Waals surface area contributed by atoms with E-state index in [-0.39, 0.29) is 12.4 Å². The fourth-order valence-corrected chi connectivity index (χ4v) is 3.18. The Morgan fingerprint density at radius 3 is 2.55 bits per heavy atom. The summed E-state index contributed by atoms with van der Waals surface area (Å²) < 4.78 is 31.3. The van der Waals surface area contributed by atoms with Gasteiger partial charge in [-0.3, -0.25) is 0 Å². The molecule has 0 atom stereocenters. The first-order valence-electron chi connectivity index (χ1n) is 6.96. The molecular weight excluding hydrogens is 276 g/mol. The summed E-state index contributed by atoms with van der Waals surface area (Å²) in [4.78, 5) is 0. The third-order valence-electron chi connectivity index (χ3n) is 3.03. The molecule has 6 heteroatoms. The first kappa shape index (κ1) is 16.8. The van der Waals surface area contributed by atoms with Crippen molar-refractivity contribution in [1.29, 1.82) is 0 Å². The largest absolute Gasteiger partial charge is 0.490 e. The molecule has 0 spiro atoms.